The second kappa shape index (κ2) is 11.2. The highest BCUT2D eigenvalue weighted by Crippen LogP contribution is 2.24. The van der Waals surface area contributed by atoms with E-state index in [-0.39, 0.29) is 12.5 Å². The van der Waals surface area contributed by atoms with Gasteiger partial charge in [-0.1, -0.05) is 39.8 Å². The molecule has 152 valence electrons. The van der Waals surface area contributed by atoms with Gasteiger partial charge in [0.15, 0.2) is 0 Å². The van der Waals surface area contributed by atoms with Crippen molar-refractivity contribution in [2.75, 3.05) is 30.4 Å². The van der Waals surface area contributed by atoms with Crippen molar-refractivity contribution in [3.8, 4) is 11.5 Å². The number of carbonyl (C=O) groups excluding carboxylic acids is 1. The standard InChI is InChI=1S/C23H32N2O3/c1-17(2)13-14-27-20-11-9-19(10-12-20)24-15-23(26)25-21-7-5-6-8-22(21)28-16-18(3)4/h5-12,17-18,24H,13-16H2,1-4H3,(H,25,26). The Morgan fingerprint density at radius 2 is 1.64 bits per heavy atom. The van der Waals surface area contributed by atoms with Crippen LogP contribution in [0.1, 0.15) is 34.1 Å². The Morgan fingerprint density at radius 3 is 2.32 bits per heavy atom. The van der Waals surface area contributed by atoms with E-state index < -0.39 is 0 Å². The maximum absolute atomic E-state index is 12.3. The number of rotatable bonds is 11. The molecule has 0 bridgehead atoms. The third-order valence-corrected chi connectivity index (χ3v) is 4.00. The van der Waals surface area contributed by atoms with Crippen molar-refractivity contribution >= 4 is 17.3 Å². The summed E-state index contributed by atoms with van der Waals surface area (Å²) in [4.78, 5) is 12.3. The zero-order valence-corrected chi connectivity index (χ0v) is 17.3. The second-order valence-electron chi connectivity index (χ2n) is 7.66. The molecule has 0 saturated carbocycles. The molecule has 5 nitrogen and oxygen atoms in total. The largest absolute Gasteiger partial charge is 0.494 e. The molecule has 0 aromatic heterocycles. The summed E-state index contributed by atoms with van der Waals surface area (Å²) in [5.74, 6) is 2.44. The summed E-state index contributed by atoms with van der Waals surface area (Å²) in [5, 5.41) is 6.03. The molecular formula is C23H32N2O3. The Hall–Kier alpha value is -2.69. The molecule has 0 aliphatic heterocycles. The van der Waals surface area contributed by atoms with E-state index in [9.17, 15) is 4.79 Å². The quantitative estimate of drug-likeness (QED) is 0.559. The number of benzene rings is 2. The summed E-state index contributed by atoms with van der Waals surface area (Å²) in [6.45, 7) is 10.0. The van der Waals surface area contributed by atoms with Gasteiger partial charge in [0.2, 0.25) is 5.91 Å². The molecule has 5 heteroatoms. The van der Waals surface area contributed by atoms with Crippen LogP contribution < -0.4 is 20.1 Å². The first-order valence-electron chi connectivity index (χ1n) is 9.92. The molecule has 0 heterocycles. The van der Waals surface area contributed by atoms with Crippen LogP contribution in [0.15, 0.2) is 48.5 Å². The number of para-hydroxylation sites is 2. The van der Waals surface area contributed by atoms with Gasteiger partial charge in [-0.3, -0.25) is 4.79 Å². The number of amides is 1. The van der Waals surface area contributed by atoms with Gasteiger partial charge in [-0.05, 0) is 54.7 Å². The predicted molar refractivity (Wildman–Crippen MR) is 115 cm³/mol. The van der Waals surface area contributed by atoms with E-state index in [2.05, 4.69) is 38.3 Å². The minimum atomic E-state index is -0.127. The molecule has 0 aliphatic rings. The van der Waals surface area contributed by atoms with E-state index in [1.54, 1.807) is 0 Å². The van der Waals surface area contributed by atoms with E-state index in [4.69, 9.17) is 9.47 Å². The van der Waals surface area contributed by atoms with Gasteiger partial charge >= 0.3 is 0 Å². The van der Waals surface area contributed by atoms with Crippen LogP contribution in [-0.2, 0) is 4.79 Å². The minimum Gasteiger partial charge on any atom is -0.494 e. The third-order valence-electron chi connectivity index (χ3n) is 4.00. The summed E-state index contributed by atoms with van der Waals surface area (Å²) in [5.41, 5.74) is 1.56. The number of carbonyl (C=O) groups is 1. The smallest absolute Gasteiger partial charge is 0.243 e. The molecule has 0 aliphatic carbocycles. The highest BCUT2D eigenvalue weighted by atomic mass is 16.5. The van der Waals surface area contributed by atoms with Crippen molar-refractivity contribution < 1.29 is 14.3 Å². The zero-order valence-electron chi connectivity index (χ0n) is 17.3. The molecule has 2 rings (SSSR count). The summed E-state index contributed by atoms with van der Waals surface area (Å²) >= 11 is 0. The van der Waals surface area contributed by atoms with E-state index in [1.807, 2.05) is 48.5 Å². The number of hydrogen-bond acceptors (Lipinski definition) is 4. The Kier molecular flexibility index (Phi) is 8.66. The Balaban J connectivity index is 1.81. The van der Waals surface area contributed by atoms with E-state index in [0.717, 1.165) is 17.9 Å². The number of hydrogen-bond donors (Lipinski definition) is 2. The van der Waals surface area contributed by atoms with Gasteiger partial charge in [0.25, 0.3) is 0 Å². The van der Waals surface area contributed by atoms with Crippen LogP contribution in [0.2, 0.25) is 0 Å². The summed E-state index contributed by atoms with van der Waals surface area (Å²) in [6.07, 6.45) is 1.03. The molecule has 0 spiro atoms. The van der Waals surface area contributed by atoms with E-state index in [1.165, 1.54) is 0 Å². The topological polar surface area (TPSA) is 59.6 Å². The second-order valence-corrected chi connectivity index (χ2v) is 7.66. The highest BCUT2D eigenvalue weighted by molar-refractivity contribution is 5.95. The van der Waals surface area contributed by atoms with Gasteiger partial charge in [0.05, 0.1) is 25.4 Å². The highest BCUT2D eigenvalue weighted by Gasteiger charge is 2.08. The van der Waals surface area contributed by atoms with Crippen LogP contribution >= 0.6 is 0 Å². The zero-order chi connectivity index (χ0) is 20.4. The maximum Gasteiger partial charge on any atom is 0.243 e. The Bertz CT molecular complexity index is 727. The average Bonchev–Trinajstić information content (AvgIpc) is 2.66. The maximum atomic E-state index is 12.3. The number of nitrogens with one attached hydrogen (secondary N) is 2. The molecule has 0 atom stereocenters. The first-order valence-corrected chi connectivity index (χ1v) is 9.92. The molecule has 0 unspecified atom stereocenters. The lowest BCUT2D eigenvalue weighted by molar-refractivity contribution is -0.114. The molecule has 2 aromatic rings. The van der Waals surface area contributed by atoms with Crippen molar-refractivity contribution in [2.24, 2.45) is 11.8 Å². The molecule has 2 N–H and O–H groups in total. The van der Waals surface area contributed by atoms with Crippen molar-refractivity contribution in [1.82, 2.24) is 0 Å². The lowest BCUT2D eigenvalue weighted by atomic mass is 10.1. The van der Waals surface area contributed by atoms with E-state index in [0.29, 0.717) is 36.5 Å². The summed E-state index contributed by atoms with van der Waals surface area (Å²) in [6, 6.07) is 15.1. The predicted octanol–water partition coefficient (Wildman–Crippen LogP) is 5.20. The van der Waals surface area contributed by atoms with Crippen molar-refractivity contribution in [3.63, 3.8) is 0 Å². The Morgan fingerprint density at radius 1 is 0.929 bits per heavy atom. The molecule has 1 amide bonds. The third kappa shape index (κ3) is 7.91. The average molecular weight is 385 g/mol. The molecular weight excluding hydrogens is 352 g/mol. The van der Waals surface area contributed by atoms with Crippen molar-refractivity contribution in [2.45, 2.75) is 34.1 Å². The molecule has 28 heavy (non-hydrogen) atoms. The van der Waals surface area contributed by atoms with Crippen LogP contribution in [0.4, 0.5) is 11.4 Å². The lowest BCUT2D eigenvalue weighted by Gasteiger charge is -2.14. The Labute approximate surface area is 168 Å². The fourth-order valence-corrected chi connectivity index (χ4v) is 2.41. The van der Waals surface area contributed by atoms with Gasteiger partial charge in [0, 0.05) is 5.69 Å². The monoisotopic (exact) mass is 384 g/mol. The van der Waals surface area contributed by atoms with E-state index >= 15 is 0 Å². The SMILES string of the molecule is CC(C)CCOc1ccc(NCC(=O)Nc2ccccc2OCC(C)C)cc1. The minimum absolute atomic E-state index is 0.127. The first kappa shape index (κ1) is 21.6. The van der Waals surface area contributed by atoms with Crippen molar-refractivity contribution in [3.05, 3.63) is 48.5 Å². The van der Waals surface area contributed by atoms with Crippen LogP contribution in [0.25, 0.3) is 0 Å². The van der Waals surface area contributed by atoms with Crippen LogP contribution in [0.5, 0.6) is 11.5 Å². The molecule has 0 radical (unpaired) electrons. The normalized spacial score (nSPS) is 10.8. The van der Waals surface area contributed by atoms with Crippen LogP contribution in [0.3, 0.4) is 0 Å². The number of ether oxygens (including phenoxy) is 2. The van der Waals surface area contributed by atoms with Crippen LogP contribution in [-0.4, -0.2) is 25.7 Å². The number of anilines is 2. The van der Waals surface area contributed by atoms with Crippen LogP contribution in [0, 0.1) is 11.8 Å². The van der Waals surface area contributed by atoms with Gasteiger partial charge in [0.1, 0.15) is 11.5 Å². The fraction of sp³-hybridized carbons (Fsp3) is 0.435. The lowest BCUT2D eigenvalue weighted by Crippen LogP contribution is -2.22. The fourth-order valence-electron chi connectivity index (χ4n) is 2.41. The molecule has 2 aromatic carbocycles. The van der Waals surface area contributed by atoms with Crippen molar-refractivity contribution in [1.29, 1.82) is 0 Å². The molecule has 0 fully saturated rings. The van der Waals surface area contributed by atoms with Gasteiger partial charge in [-0.15, -0.1) is 0 Å². The van der Waals surface area contributed by atoms with Gasteiger partial charge < -0.3 is 20.1 Å². The molecule has 0 saturated heterocycles. The summed E-state index contributed by atoms with van der Waals surface area (Å²) in [7, 11) is 0. The first-order chi connectivity index (χ1) is 13.4. The van der Waals surface area contributed by atoms with Gasteiger partial charge in [-0.2, -0.15) is 0 Å². The van der Waals surface area contributed by atoms with Gasteiger partial charge in [-0.25, -0.2) is 0 Å². The summed E-state index contributed by atoms with van der Waals surface area (Å²) < 4.78 is 11.5.